The molecular formula is C26H26N6O2S. The lowest BCUT2D eigenvalue weighted by Crippen LogP contribution is -2.42. The smallest absolute Gasteiger partial charge is 0.270 e. The number of aryl methyl sites for hydroxylation is 2. The van der Waals surface area contributed by atoms with Crippen LogP contribution in [0, 0.1) is 13.8 Å². The van der Waals surface area contributed by atoms with Crippen molar-refractivity contribution in [3.05, 3.63) is 69.7 Å². The largest absolute Gasteiger partial charge is 0.361 e. The average molecular weight is 487 g/mol. The number of nitrogens with zero attached hydrogens (tertiary/aromatic N) is 3. The van der Waals surface area contributed by atoms with Gasteiger partial charge in [-0.15, -0.1) is 11.3 Å². The lowest BCUT2D eigenvalue weighted by atomic mass is 10.1. The molecule has 0 radical (unpaired) electrons. The Morgan fingerprint density at radius 3 is 2.66 bits per heavy atom. The maximum atomic E-state index is 13.2. The molecule has 0 aliphatic carbocycles. The van der Waals surface area contributed by atoms with E-state index in [4.69, 9.17) is 4.98 Å². The number of carbonyl (C=O) groups excluding carboxylic acids is 2. The molecule has 5 aromatic rings. The lowest BCUT2D eigenvalue weighted by molar-refractivity contribution is -0.121. The van der Waals surface area contributed by atoms with Crippen molar-refractivity contribution in [2.75, 3.05) is 0 Å². The number of hydrazine groups is 1. The second-order valence-electron chi connectivity index (χ2n) is 8.84. The van der Waals surface area contributed by atoms with Gasteiger partial charge in [0, 0.05) is 38.5 Å². The number of fused-ring (bicyclic) bond motifs is 2. The molecule has 0 saturated heterocycles. The number of hydrogen-bond acceptors (Lipinski definition) is 5. The van der Waals surface area contributed by atoms with Crippen molar-refractivity contribution in [2.45, 2.75) is 40.2 Å². The summed E-state index contributed by atoms with van der Waals surface area (Å²) in [6, 6.07) is 11.7. The van der Waals surface area contributed by atoms with Gasteiger partial charge in [-0.3, -0.25) is 20.4 Å². The number of aromatic amines is 1. The summed E-state index contributed by atoms with van der Waals surface area (Å²) < 4.78 is 1.81. The van der Waals surface area contributed by atoms with E-state index in [-0.39, 0.29) is 18.4 Å². The maximum Gasteiger partial charge on any atom is 0.270 e. The first-order chi connectivity index (χ1) is 16.8. The number of carbonyl (C=O) groups is 2. The van der Waals surface area contributed by atoms with Crippen LogP contribution in [0.4, 0.5) is 0 Å². The molecule has 9 heteroatoms. The summed E-state index contributed by atoms with van der Waals surface area (Å²) in [6.07, 6.45) is 3.61. The van der Waals surface area contributed by atoms with E-state index >= 15 is 0 Å². The number of thiophene rings is 1. The third-order valence-corrected chi connectivity index (χ3v) is 6.92. The van der Waals surface area contributed by atoms with Gasteiger partial charge in [0.25, 0.3) is 5.91 Å². The van der Waals surface area contributed by atoms with Crippen LogP contribution in [-0.2, 0) is 11.2 Å². The Morgan fingerprint density at radius 1 is 1.11 bits per heavy atom. The summed E-state index contributed by atoms with van der Waals surface area (Å²) in [4.78, 5) is 36.2. The topological polar surface area (TPSA) is 105 Å². The number of H-pyrrole nitrogens is 1. The number of aromatic nitrogens is 4. The van der Waals surface area contributed by atoms with Crippen molar-refractivity contribution in [3.63, 3.8) is 0 Å². The van der Waals surface area contributed by atoms with E-state index in [0.717, 1.165) is 26.9 Å². The highest BCUT2D eigenvalue weighted by Crippen LogP contribution is 2.32. The molecule has 8 nitrogen and oxygen atoms in total. The van der Waals surface area contributed by atoms with Crippen LogP contribution in [0.3, 0.4) is 0 Å². The van der Waals surface area contributed by atoms with Gasteiger partial charge < -0.3 is 4.98 Å². The SMILES string of the molecule is Cc1cc(-c2cc(C(=O)NNC(=O)Cc3c[nH]c4ccccc34)c3cnn(C(C)C)c3n2)c(C)s1. The Labute approximate surface area is 206 Å². The molecule has 0 spiro atoms. The fourth-order valence-corrected chi connectivity index (χ4v) is 5.23. The van der Waals surface area contributed by atoms with Crippen molar-refractivity contribution in [1.82, 2.24) is 30.6 Å². The number of hydrogen-bond donors (Lipinski definition) is 3. The number of nitrogens with one attached hydrogen (secondary N) is 3. The molecule has 0 bridgehead atoms. The lowest BCUT2D eigenvalue weighted by Gasteiger charge is -2.11. The minimum absolute atomic E-state index is 0.0762. The zero-order valence-electron chi connectivity index (χ0n) is 20.0. The molecule has 2 amide bonds. The van der Waals surface area contributed by atoms with Crippen molar-refractivity contribution >= 4 is 45.1 Å². The third kappa shape index (κ3) is 4.30. The minimum Gasteiger partial charge on any atom is -0.361 e. The van der Waals surface area contributed by atoms with Crippen LogP contribution in [0.5, 0.6) is 0 Å². The van der Waals surface area contributed by atoms with Crippen molar-refractivity contribution < 1.29 is 9.59 Å². The van der Waals surface area contributed by atoms with Gasteiger partial charge in [-0.25, -0.2) is 9.67 Å². The second kappa shape index (κ2) is 8.99. The van der Waals surface area contributed by atoms with Gasteiger partial charge >= 0.3 is 0 Å². The second-order valence-corrected chi connectivity index (χ2v) is 10.3. The van der Waals surface area contributed by atoms with Crippen LogP contribution in [0.1, 0.15) is 45.6 Å². The summed E-state index contributed by atoms with van der Waals surface area (Å²) in [5, 5.41) is 6.08. The van der Waals surface area contributed by atoms with Crippen LogP contribution in [0.15, 0.2) is 48.8 Å². The van der Waals surface area contributed by atoms with E-state index in [0.29, 0.717) is 22.3 Å². The van der Waals surface area contributed by atoms with E-state index in [9.17, 15) is 9.59 Å². The highest BCUT2D eigenvalue weighted by molar-refractivity contribution is 7.12. The first kappa shape index (κ1) is 22.8. The molecule has 0 unspecified atom stereocenters. The first-order valence-corrected chi connectivity index (χ1v) is 12.2. The number of pyridine rings is 1. The van der Waals surface area contributed by atoms with E-state index in [1.807, 2.05) is 51.2 Å². The van der Waals surface area contributed by atoms with Crippen LogP contribution in [0.25, 0.3) is 33.2 Å². The molecule has 4 aromatic heterocycles. The van der Waals surface area contributed by atoms with Crippen molar-refractivity contribution in [3.8, 4) is 11.3 Å². The molecule has 0 saturated carbocycles. The number of benzene rings is 1. The number of rotatable bonds is 5. The van der Waals surface area contributed by atoms with Crippen LogP contribution in [0.2, 0.25) is 0 Å². The average Bonchev–Trinajstić information content (AvgIpc) is 3.53. The molecule has 4 heterocycles. The van der Waals surface area contributed by atoms with Gasteiger partial charge in [0.1, 0.15) is 0 Å². The molecule has 5 rings (SSSR count). The van der Waals surface area contributed by atoms with Crippen LogP contribution < -0.4 is 10.9 Å². The van der Waals surface area contributed by atoms with Gasteiger partial charge in [-0.2, -0.15) is 5.10 Å². The van der Waals surface area contributed by atoms with E-state index in [1.54, 1.807) is 28.3 Å². The first-order valence-electron chi connectivity index (χ1n) is 11.4. The fourth-order valence-electron chi connectivity index (χ4n) is 4.30. The zero-order valence-corrected chi connectivity index (χ0v) is 20.8. The van der Waals surface area contributed by atoms with Crippen molar-refractivity contribution in [1.29, 1.82) is 0 Å². The number of para-hydroxylation sites is 1. The quantitative estimate of drug-likeness (QED) is 0.309. The molecule has 35 heavy (non-hydrogen) atoms. The normalized spacial score (nSPS) is 11.5. The fraction of sp³-hybridized carbons (Fsp3) is 0.231. The maximum absolute atomic E-state index is 13.2. The van der Waals surface area contributed by atoms with E-state index in [2.05, 4.69) is 33.9 Å². The molecule has 0 aliphatic rings. The molecule has 0 aliphatic heterocycles. The summed E-state index contributed by atoms with van der Waals surface area (Å²) in [5.41, 5.74) is 9.70. The zero-order chi connectivity index (χ0) is 24.7. The van der Waals surface area contributed by atoms with Crippen molar-refractivity contribution in [2.24, 2.45) is 0 Å². The molecule has 178 valence electrons. The molecule has 0 atom stereocenters. The van der Waals surface area contributed by atoms with Gasteiger partial charge in [-0.05, 0) is 51.5 Å². The Bertz CT molecular complexity index is 1580. The van der Waals surface area contributed by atoms with Crippen LogP contribution >= 0.6 is 11.3 Å². The van der Waals surface area contributed by atoms with Gasteiger partial charge in [0.15, 0.2) is 5.65 Å². The predicted molar refractivity (Wildman–Crippen MR) is 138 cm³/mol. The van der Waals surface area contributed by atoms with E-state index in [1.165, 1.54) is 4.88 Å². The third-order valence-electron chi connectivity index (χ3n) is 5.96. The van der Waals surface area contributed by atoms with Gasteiger partial charge in [0.05, 0.1) is 29.3 Å². The Hall–Kier alpha value is -3.98. The summed E-state index contributed by atoms with van der Waals surface area (Å²) in [7, 11) is 0. The highest BCUT2D eigenvalue weighted by atomic mass is 32.1. The van der Waals surface area contributed by atoms with Gasteiger partial charge in [-0.1, -0.05) is 18.2 Å². The summed E-state index contributed by atoms with van der Waals surface area (Å²) in [5.74, 6) is -0.727. The molecule has 0 fully saturated rings. The Balaban J connectivity index is 1.42. The van der Waals surface area contributed by atoms with Gasteiger partial charge in [0.2, 0.25) is 5.91 Å². The Morgan fingerprint density at radius 2 is 1.91 bits per heavy atom. The summed E-state index contributed by atoms with van der Waals surface area (Å²) in [6.45, 7) is 8.13. The van der Waals surface area contributed by atoms with E-state index < -0.39 is 5.91 Å². The van der Waals surface area contributed by atoms with Crippen LogP contribution in [-0.4, -0.2) is 31.6 Å². The number of amides is 2. The monoisotopic (exact) mass is 486 g/mol. The minimum atomic E-state index is -0.418. The summed E-state index contributed by atoms with van der Waals surface area (Å²) >= 11 is 1.69. The molecule has 1 aromatic carbocycles. The predicted octanol–water partition coefficient (Wildman–Crippen LogP) is 4.84. The Kier molecular flexibility index (Phi) is 5.86. The highest BCUT2D eigenvalue weighted by Gasteiger charge is 2.20. The molecular weight excluding hydrogens is 460 g/mol. The standard InChI is InChI=1S/C26H26N6O2S/c1-14(2)32-25-21(13-28-32)20(11-23(29-25)19-9-15(3)35-16(19)4)26(34)31-30-24(33)10-17-12-27-22-8-6-5-7-18(17)22/h5-9,11-14,27H,10H2,1-4H3,(H,30,33)(H,31,34). The molecule has 3 N–H and O–H groups in total.